The Balaban J connectivity index is 2.15. The molecular weight excluding hydrogens is 196 g/mol. The van der Waals surface area contributed by atoms with E-state index in [1.54, 1.807) is 0 Å². The van der Waals surface area contributed by atoms with Gasteiger partial charge in [0.2, 0.25) is 0 Å². The van der Waals surface area contributed by atoms with E-state index in [9.17, 15) is 0 Å². The van der Waals surface area contributed by atoms with E-state index in [1.807, 2.05) is 12.4 Å². The smallest absolute Gasteiger partial charge is 0.0305 e. The van der Waals surface area contributed by atoms with Crippen molar-refractivity contribution in [2.75, 3.05) is 6.54 Å². The molecule has 2 rings (SSSR count). The molecule has 0 spiro atoms. The number of pyridine rings is 1. The Bertz CT molecular complexity index is 362. The predicted octanol–water partition coefficient (Wildman–Crippen LogP) is 2.81. The summed E-state index contributed by atoms with van der Waals surface area (Å²) in [6, 6.07) is 2.98. The first kappa shape index (κ1) is 11.6. The van der Waals surface area contributed by atoms with Crippen molar-refractivity contribution in [1.82, 2.24) is 10.3 Å². The molecule has 2 heteroatoms. The molecule has 1 N–H and O–H groups in total. The quantitative estimate of drug-likeness (QED) is 0.844. The largest absolute Gasteiger partial charge is 0.314 e. The molecule has 1 aromatic rings. The first-order chi connectivity index (χ1) is 7.64. The highest BCUT2D eigenvalue weighted by atomic mass is 14.9. The van der Waals surface area contributed by atoms with Gasteiger partial charge in [0.05, 0.1) is 0 Å². The summed E-state index contributed by atoms with van der Waals surface area (Å²) in [7, 11) is 0. The third-order valence-electron chi connectivity index (χ3n) is 3.81. The van der Waals surface area contributed by atoms with Gasteiger partial charge in [0.1, 0.15) is 0 Å². The summed E-state index contributed by atoms with van der Waals surface area (Å²) in [4.78, 5) is 4.32. The maximum Gasteiger partial charge on any atom is 0.0305 e. The van der Waals surface area contributed by atoms with Crippen LogP contribution < -0.4 is 5.32 Å². The second-order valence-electron chi connectivity index (χ2n) is 5.31. The normalized spacial score (nSPS) is 29.6. The minimum absolute atomic E-state index is 0.325. The van der Waals surface area contributed by atoms with Gasteiger partial charge in [-0.2, -0.15) is 0 Å². The van der Waals surface area contributed by atoms with Crippen LogP contribution in [0.1, 0.15) is 44.2 Å². The Kier molecular flexibility index (Phi) is 3.29. The third kappa shape index (κ3) is 2.27. The number of aryl methyl sites for hydroxylation is 1. The van der Waals surface area contributed by atoms with E-state index < -0.39 is 0 Å². The van der Waals surface area contributed by atoms with Crippen LogP contribution in [0.3, 0.4) is 0 Å². The first-order valence-corrected chi connectivity index (χ1v) is 6.29. The molecule has 0 aliphatic heterocycles. The summed E-state index contributed by atoms with van der Waals surface area (Å²) in [5, 5.41) is 3.56. The topological polar surface area (TPSA) is 24.9 Å². The molecule has 2 unspecified atom stereocenters. The van der Waals surface area contributed by atoms with Gasteiger partial charge in [0.25, 0.3) is 0 Å². The Labute approximate surface area is 98.5 Å². The van der Waals surface area contributed by atoms with Gasteiger partial charge in [-0.3, -0.25) is 4.98 Å². The summed E-state index contributed by atoms with van der Waals surface area (Å²) in [6.07, 6.45) is 7.78. The zero-order valence-corrected chi connectivity index (χ0v) is 10.6. The Morgan fingerprint density at radius 3 is 3.00 bits per heavy atom. The molecule has 1 aliphatic rings. The fraction of sp³-hybridized carbons (Fsp3) is 0.643. The molecular formula is C14H22N2. The molecule has 16 heavy (non-hydrogen) atoms. The maximum absolute atomic E-state index is 4.32. The van der Waals surface area contributed by atoms with E-state index in [1.165, 1.54) is 30.4 Å². The average Bonchev–Trinajstić information content (AvgIpc) is 2.62. The van der Waals surface area contributed by atoms with Gasteiger partial charge in [-0.25, -0.2) is 0 Å². The molecule has 88 valence electrons. The monoisotopic (exact) mass is 218 g/mol. The van der Waals surface area contributed by atoms with Crippen molar-refractivity contribution in [3.05, 3.63) is 29.6 Å². The van der Waals surface area contributed by atoms with Crippen molar-refractivity contribution < 1.29 is 0 Å². The zero-order valence-electron chi connectivity index (χ0n) is 10.6. The van der Waals surface area contributed by atoms with Gasteiger partial charge in [-0.05, 0) is 49.3 Å². The SMILES string of the molecule is CCNC1CCC(C)(c2cncc(C)c2)C1. The minimum Gasteiger partial charge on any atom is -0.314 e. The fourth-order valence-corrected chi connectivity index (χ4v) is 2.85. The van der Waals surface area contributed by atoms with Crippen LogP contribution in [0, 0.1) is 6.92 Å². The van der Waals surface area contributed by atoms with Crippen molar-refractivity contribution >= 4 is 0 Å². The van der Waals surface area contributed by atoms with E-state index in [-0.39, 0.29) is 0 Å². The number of nitrogens with zero attached hydrogens (tertiary/aromatic N) is 1. The van der Waals surface area contributed by atoms with Gasteiger partial charge >= 0.3 is 0 Å². The molecule has 0 saturated heterocycles. The lowest BCUT2D eigenvalue weighted by Crippen LogP contribution is -2.28. The number of aromatic nitrogens is 1. The van der Waals surface area contributed by atoms with Crippen molar-refractivity contribution in [2.45, 2.75) is 51.5 Å². The molecule has 1 aromatic heterocycles. The van der Waals surface area contributed by atoms with Crippen LogP contribution in [0.4, 0.5) is 0 Å². The van der Waals surface area contributed by atoms with Crippen molar-refractivity contribution in [2.24, 2.45) is 0 Å². The van der Waals surface area contributed by atoms with Crippen LogP contribution >= 0.6 is 0 Å². The highest BCUT2D eigenvalue weighted by molar-refractivity contribution is 5.26. The van der Waals surface area contributed by atoms with E-state index in [0.29, 0.717) is 11.5 Å². The lowest BCUT2D eigenvalue weighted by Gasteiger charge is -2.25. The third-order valence-corrected chi connectivity index (χ3v) is 3.81. The molecule has 2 nitrogen and oxygen atoms in total. The molecule has 1 fully saturated rings. The number of rotatable bonds is 3. The second-order valence-corrected chi connectivity index (χ2v) is 5.31. The van der Waals surface area contributed by atoms with Crippen LogP contribution in [0.5, 0.6) is 0 Å². The van der Waals surface area contributed by atoms with Crippen LogP contribution in [-0.4, -0.2) is 17.6 Å². The highest BCUT2D eigenvalue weighted by Gasteiger charge is 2.36. The highest BCUT2D eigenvalue weighted by Crippen LogP contribution is 2.40. The molecule has 2 atom stereocenters. The lowest BCUT2D eigenvalue weighted by atomic mass is 9.81. The van der Waals surface area contributed by atoms with Crippen LogP contribution in [-0.2, 0) is 5.41 Å². The summed E-state index contributed by atoms with van der Waals surface area (Å²) in [5.41, 5.74) is 3.00. The van der Waals surface area contributed by atoms with Gasteiger partial charge in [0.15, 0.2) is 0 Å². The Hall–Kier alpha value is -0.890. The van der Waals surface area contributed by atoms with Gasteiger partial charge in [-0.1, -0.05) is 19.9 Å². The van der Waals surface area contributed by atoms with Gasteiger partial charge < -0.3 is 5.32 Å². The predicted molar refractivity (Wildman–Crippen MR) is 67.6 cm³/mol. The standard InChI is InChI=1S/C14H22N2/c1-4-16-13-5-6-14(3,8-13)12-7-11(2)9-15-10-12/h7,9-10,13,16H,4-6,8H2,1-3H3. The number of hydrogen-bond acceptors (Lipinski definition) is 2. The fourth-order valence-electron chi connectivity index (χ4n) is 2.85. The summed E-state index contributed by atoms with van der Waals surface area (Å²) in [6.45, 7) is 7.76. The molecule has 0 aromatic carbocycles. The maximum atomic E-state index is 4.32. The van der Waals surface area contributed by atoms with Crippen LogP contribution in [0.15, 0.2) is 18.5 Å². The molecule has 1 saturated carbocycles. The van der Waals surface area contributed by atoms with E-state index in [4.69, 9.17) is 0 Å². The van der Waals surface area contributed by atoms with Crippen molar-refractivity contribution in [1.29, 1.82) is 0 Å². The Morgan fingerprint density at radius 2 is 2.31 bits per heavy atom. The van der Waals surface area contributed by atoms with E-state index in [2.05, 4.69) is 37.1 Å². The lowest BCUT2D eigenvalue weighted by molar-refractivity contribution is 0.456. The van der Waals surface area contributed by atoms with Crippen molar-refractivity contribution in [3.8, 4) is 0 Å². The summed E-state index contributed by atoms with van der Waals surface area (Å²) < 4.78 is 0. The van der Waals surface area contributed by atoms with Gasteiger partial charge in [0, 0.05) is 18.4 Å². The molecule has 1 heterocycles. The molecule has 0 bridgehead atoms. The first-order valence-electron chi connectivity index (χ1n) is 6.29. The zero-order chi connectivity index (χ0) is 11.6. The van der Waals surface area contributed by atoms with E-state index in [0.717, 1.165) is 6.54 Å². The van der Waals surface area contributed by atoms with Crippen LogP contribution in [0.2, 0.25) is 0 Å². The average molecular weight is 218 g/mol. The van der Waals surface area contributed by atoms with Crippen molar-refractivity contribution in [3.63, 3.8) is 0 Å². The summed E-state index contributed by atoms with van der Waals surface area (Å²) in [5.74, 6) is 0. The summed E-state index contributed by atoms with van der Waals surface area (Å²) >= 11 is 0. The van der Waals surface area contributed by atoms with E-state index >= 15 is 0 Å². The molecule has 0 radical (unpaired) electrons. The molecule has 0 amide bonds. The second kappa shape index (κ2) is 4.54. The Morgan fingerprint density at radius 1 is 1.50 bits per heavy atom. The van der Waals surface area contributed by atoms with Crippen LogP contribution in [0.25, 0.3) is 0 Å². The number of nitrogens with one attached hydrogen (secondary N) is 1. The van der Waals surface area contributed by atoms with Gasteiger partial charge in [-0.15, -0.1) is 0 Å². The molecule has 1 aliphatic carbocycles. The number of hydrogen-bond donors (Lipinski definition) is 1. The minimum atomic E-state index is 0.325.